The van der Waals surface area contributed by atoms with Crippen LogP contribution in [0, 0.1) is 0 Å². The van der Waals surface area contributed by atoms with E-state index in [1.165, 1.54) is 0 Å². The largest absolute Gasteiger partial charge is 0.493 e. The Balaban J connectivity index is 2.47. The smallest absolute Gasteiger partial charge is 0.162 e. The number of nitrogens with two attached hydrogens (primary N) is 1. The number of hydrogen-bond acceptors (Lipinski definition) is 6. The SMILES string of the molecule is CCn1ncc(OC)c1C(NN)c1ncccn1. The molecule has 0 radical (unpaired) electrons. The van der Waals surface area contributed by atoms with Crippen molar-refractivity contribution in [3.05, 3.63) is 36.2 Å². The molecule has 2 heterocycles. The molecule has 2 rings (SSSR count). The van der Waals surface area contributed by atoms with Crippen LogP contribution in [0.15, 0.2) is 24.7 Å². The van der Waals surface area contributed by atoms with Gasteiger partial charge in [-0.05, 0) is 13.0 Å². The zero-order chi connectivity index (χ0) is 13.0. The maximum Gasteiger partial charge on any atom is 0.162 e. The average molecular weight is 248 g/mol. The van der Waals surface area contributed by atoms with Crippen LogP contribution in [0.25, 0.3) is 0 Å². The molecule has 0 fully saturated rings. The first-order valence-electron chi connectivity index (χ1n) is 5.64. The van der Waals surface area contributed by atoms with Gasteiger partial charge in [-0.3, -0.25) is 10.5 Å². The first-order chi connectivity index (χ1) is 8.81. The third kappa shape index (κ3) is 2.18. The summed E-state index contributed by atoms with van der Waals surface area (Å²) >= 11 is 0. The fourth-order valence-corrected chi connectivity index (χ4v) is 1.81. The van der Waals surface area contributed by atoms with E-state index < -0.39 is 0 Å². The Morgan fingerprint density at radius 3 is 2.72 bits per heavy atom. The van der Waals surface area contributed by atoms with Crippen molar-refractivity contribution >= 4 is 0 Å². The fraction of sp³-hybridized carbons (Fsp3) is 0.364. The number of rotatable bonds is 5. The van der Waals surface area contributed by atoms with Crippen LogP contribution in [0.5, 0.6) is 5.75 Å². The van der Waals surface area contributed by atoms with Gasteiger partial charge in [-0.15, -0.1) is 0 Å². The van der Waals surface area contributed by atoms with Crippen molar-refractivity contribution < 1.29 is 4.74 Å². The summed E-state index contributed by atoms with van der Waals surface area (Å²) in [5.74, 6) is 6.85. The van der Waals surface area contributed by atoms with Gasteiger partial charge in [-0.1, -0.05) is 0 Å². The van der Waals surface area contributed by atoms with Crippen LogP contribution in [-0.4, -0.2) is 26.9 Å². The minimum atomic E-state index is -0.358. The van der Waals surface area contributed by atoms with Crippen LogP contribution in [0.3, 0.4) is 0 Å². The van der Waals surface area contributed by atoms with Crippen LogP contribution in [0.1, 0.15) is 24.5 Å². The molecule has 18 heavy (non-hydrogen) atoms. The number of hydrazine groups is 1. The second-order valence-electron chi connectivity index (χ2n) is 3.62. The third-order valence-corrected chi connectivity index (χ3v) is 2.65. The molecule has 0 aliphatic heterocycles. The molecule has 1 unspecified atom stereocenters. The molecular weight excluding hydrogens is 232 g/mol. The van der Waals surface area contributed by atoms with Crippen LogP contribution < -0.4 is 16.0 Å². The van der Waals surface area contributed by atoms with E-state index in [-0.39, 0.29) is 6.04 Å². The lowest BCUT2D eigenvalue weighted by Crippen LogP contribution is -2.32. The molecular formula is C11H16N6O. The van der Waals surface area contributed by atoms with Crippen molar-refractivity contribution in [3.63, 3.8) is 0 Å². The van der Waals surface area contributed by atoms with Crippen molar-refractivity contribution in [2.24, 2.45) is 5.84 Å². The maximum absolute atomic E-state index is 5.62. The topological polar surface area (TPSA) is 90.9 Å². The van der Waals surface area contributed by atoms with E-state index >= 15 is 0 Å². The Morgan fingerprint density at radius 2 is 2.17 bits per heavy atom. The van der Waals surface area contributed by atoms with Crippen molar-refractivity contribution in [3.8, 4) is 5.75 Å². The second-order valence-corrected chi connectivity index (χ2v) is 3.62. The normalized spacial score (nSPS) is 12.4. The van der Waals surface area contributed by atoms with E-state index in [9.17, 15) is 0 Å². The number of methoxy groups -OCH3 is 1. The van der Waals surface area contributed by atoms with Gasteiger partial charge < -0.3 is 4.74 Å². The first kappa shape index (κ1) is 12.5. The van der Waals surface area contributed by atoms with Gasteiger partial charge in [0.2, 0.25) is 0 Å². The van der Waals surface area contributed by atoms with Crippen LogP contribution in [-0.2, 0) is 6.54 Å². The molecule has 0 amide bonds. The highest BCUT2D eigenvalue weighted by atomic mass is 16.5. The molecule has 3 N–H and O–H groups in total. The lowest BCUT2D eigenvalue weighted by molar-refractivity contribution is 0.397. The van der Waals surface area contributed by atoms with Gasteiger partial charge in [0.15, 0.2) is 11.6 Å². The minimum Gasteiger partial charge on any atom is -0.493 e. The van der Waals surface area contributed by atoms with Crippen molar-refractivity contribution in [1.29, 1.82) is 0 Å². The number of aryl methyl sites for hydroxylation is 1. The summed E-state index contributed by atoms with van der Waals surface area (Å²) in [6.07, 6.45) is 5.00. The second kappa shape index (κ2) is 5.56. The zero-order valence-corrected chi connectivity index (χ0v) is 10.4. The molecule has 0 aliphatic carbocycles. The van der Waals surface area contributed by atoms with Gasteiger partial charge in [0.05, 0.1) is 13.3 Å². The summed E-state index contributed by atoms with van der Waals surface area (Å²) < 4.78 is 7.10. The lowest BCUT2D eigenvalue weighted by Gasteiger charge is -2.17. The number of hydrogen-bond donors (Lipinski definition) is 2. The minimum absolute atomic E-state index is 0.358. The highest BCUT2D eigenvalue weighted by Crippen LogP contribution is 2.27. The average Bonchev–Trinajstić information content (AvgIpc) is 2.84. The lowest BCUT2D eigenvalue weighted by atomic mass is 10.2. The number of ether oxygens (including phenoxy) is 1. The van der Waals surface area contributed by atoms with Gasteiger partial charge in [-0.25, -0.2) is 15.4 Å². The van der Waals surface area contributed by atoms with E-state index in [4.69, 9.17) is 10.6 Å². The Bertz CT molecular complexity index is 476. The molecule has 2 aromatic rings. The molecule has 0 saturated heterocycles. The van der Waals surface area contributed by atoms with Gasteiger partial charge >= 0.3 is 0 Å². The van der Waals surface area contributed by atoms with Crippen molar-refractivity contribution in [1.82, 2.24) is 25.2 Å². The number of nitrogens with one attached hydrogen (secondary N) is 1. The molecule has 7 nitrogen and oxygen atoms in total. The predicted molar refractivity (Wildman–Crippen MR) is 65.7 cm³/mol. The molecule has 7 heteroatoms. The summed E-state index contributed by atoms with van der Waals surface area (Å²) in [5.41, 5.74) is 3.52. The quantitative estimate of drug-likeness (QED) is 0.582. The molecule has 0 bridgehead atoms. The summed E-state index contributed by atoms with van der Waals surface area (Å²) in [4.78, 5) is 8.41. The van der Waals surface area contributed by atoms with E-state index in [2.05, 4.69) is 20.5 Å². The molecule has 0 spiro atoms. The maximum atomic E-state index is 5.62. The Kier molecular flexibility index (Phi) is 3.85. The Morgan fingerprint density at radius 1 is 1.44 bits per heavy atom. The summed E-state index contributed by atoms with van der Waals surface area (Å²) in [5, 5.41) is 4.24. The van der Waals surface area contributed by atoms with Gasteiger partial charge in [0.25, 0.3) is 0 Å². The zero-order valence-electron chi connectivity index (χ0n) is 10.4. The van der Waals surface area contributed by atoms with Crippen LogP contribution in [0.2, 0.25) is 0 Å². The Hall–Kier alpha value is -1.99. The predicted octanol–water partition coefficient (Wildman–Crippen LogP) is 0.254. The van der Waals surface area contributed by atoms with Gasteiger partial charge in [0.1, 0.15) is 11.7 Å². The van der Waals surface area contributed by atoms with E-state index in [0.717, 1.165) is 5.69 Å². The molecule has 1 atom stereocenters. The monoisotopic (exact) mass is 248 g/mol. The number of aromatic nitrogens is 4. The highest BCUT2D eigenvalue weighted by Gasteiger charge is 2.24. The van der Waals surface area contributed by atoms with Gasteiger partial charge in [-0.2, -0.15) is 5.10 Å². The van der Waals surface area contributed by atoms with E-state index in [0.29, 0.717) is 18.1 Å². The summed E-state index contributed by atoms with van der Waals surface area (Å²) in [7, 11) is 1.60. The van der Waals surface area contributed by atoms with Crippen LogP contribution >= 0.6 is 0 Å². The summed E-state index contributed by atoms with van der Waals surface area (Å²) in [6, 6.07) is 1.40. The van der Waals surface area contributed by atoms with E-state index in [1.807, 2.05) is 6.92 Å². The van der Waals surface area contributed by atoms with Gasteiger partial charge in [0, 0.05) is 18.9 Å². The first-order valence-corrected chi connectivity index (χ1v) is 5.64. The van der Waals surface area contributed by atoms with Crippen LogP contribution in [0.4, 0.5) is 0 Å². The highest BCUT2D eigenvalue weighted by molar-refractivity contribution is 5.32. The summed E-state index contributed by atoms with van der Waals surface area (Å²) in [6.45, 7) is 2.71. The molecule has 0 aliphatic rings. The molecule has 0 aromatic carbocycles. The van der Waals surface area contributed by atoms with Crippen molar-refractivity contribution in [2.75, 3.05) is 7.11 Å². The van der Waals surface area contributed by atoms with E-state index in [1.54, 1.807) is 36.4 Å². The molecule has 2 aromatic heterocycles. The standard InChI is InChI=1S/C11H16N6O/c1-3-17-10(8(18-2)7-15-17)9(16-12)11-13-5-4-6-14-11/h4-7,9,16H,3,12H2,1-2H3. The number of nitrogens with zero attached hydrogens (tertiary/aromatic N) is 4. The molecule has 96 valence electrons. The molecule has 0 saturated carbocycles. The fourth-order valence-electron chi connectivity index (χ4n) is 1.81. The Labute approximate surface area is 105 Å². The van der Waals surface area contributed by atoms with Crippen molar-refractivity contribution in [2.45, 2.75) is 19.5 Å². The third-order valence-electron chi connectivity index (χ3n) is 2.65.